The fraction of sp³-hybridized carbons (Fsp3) is 1.00. The summed E-state index contributed by atoms with van der Waals surface area (Å²) >= 11 is 1.93. The van der Waals surface area contributed by atoms with Crippen LogP contribution in [-0.2, 0) is 4.74 Å². The molecular formula is C11H25NO2S. The summed E-state index contributed by atoms with van der Waals surface area (Å²) in [5.74, 6) is 1.29. The molecule has 0 aliphatic carbocycles. The third-order valence-electron chi connectivity index (χ3n) is 2.11. The number of rotatable bonds is 12. The fourth-order valence-electron chi connectivity index (χ4n) is 1.29. The lowest BCUT2D eigenvalue weighted by Gasteiger charge is -2.05. The minimum atomic E-state index is 0.120. The monoisotopic (exact) mass is 235 g/mol. The summed E-state index contributed by atoms with van der Waals surface area (Å²) in [7, 11) is 0. The second-order valence-corrected chi connectivity index (χ2v) is 4.48. The molecule has 0 saturated carbocycles. The van der Waals surface area contributed by atoms with Crippen molar-refractivity contribution in [2.75, 3.05) is 44.9 Å². The minimum Gasteiger partial charge on any atom is -0.394 e. The van der Waals surface area contributed by atoms with E-state index in [0.29, 0.717) is 13.2 Å². The van der Waals surface area contributed by atoms with E-state index in [1.807, 2.05) is 11.8 Å². The molecule has 0 unspecified atom stereocenters. The number of aliphatic hydroxyl groups is 1. The lowest BCUT2D eigenvalue weighted by atomic mass is 10.2. The SMILES string of the molecule is CSCCCCCCNCCOCCO. The topological polar surface area (TPSA) is 41.5 Å². The molecule has 0 saturated heterocycles. The van der Waals surface area contributed by atoms with E-state index in [0.717, 1.165) is 13.1 Å². The zero-order valence-corrected chi connectivity index (χ0v) is 10.7. The van der Waals surface area contributed by atoms with E-state index in [2.05, 4.69) is 11.6 Å². The summed E-state index contributed by atoms with van der Waals surface area (Å²) in [5, 5.41) is 11.8. The highest BCUT2D eigenvalue weighted by atomic mass is 32.2. The van der Waals surface area contributed by atoms with Crippen LogP contribution >= 0.6 is 11.8 Å². The van der Waals surface area contributed by atoms with Crippen LogP contribution in [0.15, 0.2) is 0 Å². The Labute approximate surface area is 98.0 Å². The predicted octanol–water partition coefficient (Wildman–Crippen LogP) is 1.51. The molecule has 0 radical (unpaired) electrons. The van der Waals surface area contributed by atoms with Gasteiger partial charge in [0.05, 0.1) is 19.8 Å². The van der Waals surface area contributed by atoms with Crippen LogP contribution < -0.4 is 5.32 Å². The molecule has 92 valence electrons. The summed E-state index contributed by atoms with van der Waals surface area (Å²) in [4.78, 5) is 0. The molecule has 0 bridgehead atoms. The van der Waals surface area contributed by atoms with Crippen LogP contribution in [-0.4, -0.2) is 50.0 Å². The van der Waals surface area contributed by atoms with E-state index in [1.165, 1.54) is 31.4 Å². The van der Waals surface area contributed by atoms with Gasteiger partial charge in [0.1, 0.15) is 0 Å². The van der Waals surface area contributed by atoms with E-state index >= 15 is 0 Å². The largest absolute Gasteiger partial charge is 0.394 e. The third kappa shape index (κ3) is 14.2. The molecular weight excluding hydrogens is 210 g/mol. The van der Waals surface area contributed by atoms with Crippen LogP contribution in [0.4, 0.5) is 0 Å². The van der Waals surface area contributed by atoms with Crippen molar-refractivity contribution >= 4 is 11.8 Å². The summed E-state index contributed by atoms with van der Waals surface area (Å²) in [6.07, 6.45) is 7.44. The molecule has 0 aliphatic rings. The van der Waals surface area contributed by atoms with Crippen LogP contribution in [0, 0.1) is 0 Å². The van der Waals surface area contributed by atoms with Crippen molar-refractivity contribution in [3.8, 4) is 0 Å². The van der Waals surface area contributed by atoms with Gasteiger partial charge in [-0.3, -0.25) is 0 Å². The van der Waals surface area contributed by atoms with Gasteiger partial charge in [0.2, 0.25) is 0 Å². The Hall–Kier alpha value is 0.230. The normalized spacial score (nSPS) is 10.8. The number of aliphatic hydroxyl groups excluding tert-OH is 1. The van der Waals surface area contributed by atoms with Crippen LogP contribution in [0.3, 0.4) is 0 Å². The average molecular weight is 235 g/mol. The van der Waals surface area contributed by atoms with Gasteiger partial charge in [0.15, 0.2) is 0 Å². The van der Waals surface area contributed by atoms with Crippen LogP contribution in [0.5, 0.6) is 0 Å². The maximum Gasteiger partial charge on any atom is 0.0698 e. The molecule has 0 aromatic rings. The number of nitrogens with one attached hydrogen (secondary N) is 1. The molecule has 0 aliphatic heterocycles. The summed E-state index contributed by atoms with van der Waals surface area (Å²) < 4.78 is 5.13. The summed E-state index contributed by atoms with van der Waals surface area (Å²) in [6, 6.07) is 0. The molecule has 0 aromatic heterocycles. The first-order chi connectivity index (χ1) is 7.41. The molecule has 0 heterocycles. The Bertz CT molecular complexity index is 103. The van der Waals surface area contributed by atoms with Crippen molar-refractivity contribution in [1.29, 1.82) is 0 Å². The van der Waals surface area contributed by atoms with Crippen molar-refractivity contribution in [3.63, 3.8) is 0 Å². The summed E-state index contributed by atoms with van der Waals surface area (Å²) in [6.45, 7) is 3.26. The Morgan fingerprint density at radius 2 is 1.87 bits per heavy atom. The van der Waals surface area contributed by atoms with Gasteiger partial charge in [-0.25, -0.2) is 0 Å². The number of ether oxygens (including phenoxy) is 1. The van der Waals surface area contributed by atoms with Crippen LogP contribution in [0.2, 0.25) is 0 Å². The number of unbranched alkanes of at least 4 members (excludes halogenated alkanes) is 3. The molecule has 0 spiro atoms. The predicted molar refractivity (Wildman–Crippen MR) is 67.6 cm³/mol. The number of thioether (sulfide) groups is 1. The number of hydrogen-bond acceptors (Lipinski definition) is 4. The highest BCUT2D eigenvalue weighted by molar-refractivity contribution is 7.98. The smallest absolute Gasteiger partial charge is 0.0698 e. The molecule has 0 rings (SSSR count). The van der Waals surface area contributed by atoms with Crippen molar-refractivity contribution in [2.24, 2.45) is 0 Å². The maximum atomic E-state index is 8.46. The Balaban J connectivity index is 2.81. The van der Waals surface area contributed by atoms with E-state index in [4.69, 9.17) is 9.84 Å². The standard InChI is InChI=1S/C11H25NO2S/c1-15-11-5-3-2-4-6-12-7-9-14-10-8-13/h12-13H,2-11H2,1H3. The zero-order valence-electron chi connectivity index (χ0n) is 9.83. The quantitative estimate of drug-likeness (QED) is 0.503. The Morgan fingerprint density at radius 1 is 1.07 bits per heavy atom. The van der Waals surface area contributed by atoms with Gasteiger partial charge in [-0.1, -0.05) is 12.8 Å². The van der Waals surface area contributed by atoms with Gasteiger partial charge in [-0.2, -0.15) is 11.8 Å². The van der Waals surface area contributed by atoms with E-state index in [9.17, 15) is 0 Å². The highest BCUT2D eigenvalue weighted by Crippen LogP contribution is 2.03. The molecule has 0 amide bonds. The molecule has 4 heteroatoms. The second kappa shape index (κ2) is 14.2. The second-order valence-electron chi connectivity index (χ2n) is 3.49. The third-order valence-corrected chi connectivity index (χ3v) is 2.81. The van der Waals surface area contributed by atoms with Crippen molar-refractivity contribution in [3.05, 3.63) is 0 Å². The van der Waals surface area contributed by atoms with E-state index in [-0.39, 0.29) is 6.61 Å². The Kier molecular flexibility index (Phi) is 14.4. The van der Waals surface area contributed by atoms with E-state index in [1.54, 1.807) is 0 Å². The molecule has 0 fully saturated rings. The first kappa shape index (κ1) is 15.2. The lowest BCUT2D eigenvalue weighted by molar-refractivity contribution is 0.0939. The first-order valence-electron chi connectivity index (χ1n) is 5.80. The van der Waals surface area contributed by atoms with Crippen LogP contribution in [0.1, 0.15) is 25.7 Å². The van der Waals surface area contributed by atoms with Crippen LogP contribution in [0.25, 0.3) is 0 Å². The first-order valence-corrected chi connectivity index (χ1v) is 7.19. The fourth-order valence-corrected chi connectivity index (χ4v) is 1.78. The summed E-state index contributed by atoms with van der Waals surface area (Å²) in [5.41, 5.74) is 0. The van der Waals surface area contributed by atoms with Gasteiger partial charge < -0.3 is 15.2 Å². The van der Waals surface area contributed by atoms with Crippen molar-refractivity contribution in [2.45, 2.75) is 25.7 Å². The van der Waals surface area contributed by atoms with Gasteiger partial charge in [-0.05, 0) is 31.4 Å². The van der Waals surface area contributed by atoms with Gasteiger partial charge in [0.25, 0.3) is 0 Å². The zero-order chi connectivity index (χ0) is 11.2. The Morgan fingerprint density at radius 3 is 2.60 bits per heavy atom. The average Bonchev–Trinajstić information content (AvgIpc) is 2.26. The maximum absolute atomic E-state index is 8.46. The molecule has 15 heavy (non-hydrogen) atoms. The van der Waals surface area contributed by atoms with E-state index < -0.39 is 0 Å². The van der Waals surface area contributed by atoms with Gasteiger partial charge in [-0.15, -0.1) is 0 Å². The lowest BCUT2D eigenvalue weighted by Crippen LogP contribution is -2.21. The molecule has 0 aromatic carbocycles. The van der Waals surface area contributed by atoms with Gasteiger partial charge in [0, 0.05) is 6.54 Å². The van der Waals surface area contributed by atoms with Gasteiger partial charge >= 0.3 is 0 Å². The minimum absolute atomic E-state index is 0.120. The van der Waals surface area contributed by atoms with Crippen molar-refractivity contribution in [1.82, 2.24) is 5.32 Å². The number of hydrogen-bond donors (Lipinski definition) is 2. The van der Waals surface area contributed by atoms with Crippen molar-refractivity contribution < 1.29 is 9.84 Å². The molecule has 0 atom stereocenters. The molecule has 2 N–H and O–H groups in total. The highest BCUT2D eigenvalue weighted by Gasteiger charge is 1.91. The molecule has 3 nitrogen and oxygen atoms in total.